The molecule has 92 valence electrons. The molecule has 2 rings (SSSR count). The van der Waals surface area contributed by atoms with E-state index in [0.717, 1.165) is 19.3 Å². The van der Waals surface area contributed by atoms with E-state index in [1.807, 2.05) is 6.92 Å². The Morgan fingerprint density at radius 2 is 2.18 bits per heavy atom. The summed E-state index contributed by atoms with van der Waals surface area (Å²) in [6, 6.07) is 3.14. The summed E-state index contributed by atoms with van der Waals surface area (Å²) in [5.41, 5.74) is 0.122. The van der Waals surface area contributed by atoms with E-state index >= 15 is 0 Å². The van der Waals surface area contributed by atoms with Gasteiger partial charge in [0.05, 0.1) is 10.6 Å². The smallest absolute Gasteiger partial charge is 0.169 e. The highest BCUT2D eigenvalue weighted by Crippen LogP contribution is 2.36. The maximum atomic E-state index is 13.9. The van der Waals surface area contributed by atoms with Gasteiger partial charge in [0.2, 0.25) is 0 Å². The number of carbonyl (C=O) groups is 1. The minimum Gasteiger partial charge on any atom is -0.294 e. The Hall–Kier alpha value is -0.410. The van der Waals surface area contributed by atoms with E-state index in [1.54, 1.807) is 6.07 Å². The standard InChI is InChI=1S/C13H13BrClFO/c1-7-3-2-4-8(7)13(17)9-5-6-10(14)11(15)12(9)16/h5-8H,2-4H2,1H3. The summed E-state index contributed by atoms with van der Waals surface area (Å²) in [5, 5.41) is -0.0125. The van der Waals surface area contributed by atoms with Crippen molar-refractivity contribution in [2.75, 3.05) is 0 Å². The molecule has 0 spiro atoms. The van der Waals surface area contributed by atoms with Gasteiger partial charge in [0.15, 0.2) is 11.6 Å². The molecule has 1 aromatic carbocycles. The monoisotopic (exact) mass is 318 g/mol. The Kier molecular flexibility index (Phi) is 3.88. The van der Waals surface area contributed by atoms with Gasteiger partial charge in [-0.15, -0.1) is 0 Å². The van der Waals surface area contributed by atoms with E-state index in [9.17, 15) is 9.18 Å². The highest BCUT2D eigenvalue weighted by atomic mass is 79.9. The van der Waals surface area contributed by atoms with Gasteiger partial charge in [0.1, 0.15) is 0 Å². The zero-order chi connectivity index (χ0) is 12.6. The van der Waals surface area contributed by atoms with Gasteiger partial charge in [-0.2, -0.15) is 0 Å². The van der Waals surface area contributed by atoms with Gasteiger partial charge in [0, 0.05) is 10.4 Å². The van der Waals surface area contributed by atoms with Gasteiger partial charge < -0.3 is 0 Å². The minimum atomic E-state index is -0.606. The Balaban J connectivity index is 2.34. The Bertz CT molecular complexity index is 461. The maximum absolute atomic E-state index is 13.9. The molecule has 2 unspecified atom stereocenters. The lowest BCUT2D eigenvalue weighted by Gasteiger charge is -2.15. The summed E-state index contributed by atoms with van der Waals surface area (Å²) in [4.78, 5) is 12.2. The molecule has 0 heterocycles. The highest BCUT2D eigenvalue weighted by molar-refractivity contribution is 9.10. The van der Waals surface area contributed by atoms with Gasteiger partial charge in [-0.05, 0) is 46.8 Å². The molecular weight excluding hydrogens is 306 g/mol. The second kappa shape index (κ2) is 5.07. The van der Waals surface area contributed by atoms with Gasteiger partial charge in [-0.1, -0.05) is 24.9 Å². The number of ketones is 1. The maximum Gasteiger partial charge on any atom is 0.169 e. The van der Waals surface area contributed by atoms with Crippen molar-refractivity contribution in [3.8, 4) is 0 Å². The van der Waals surface area contributed by atoms with Crippen LogP contribution in [-0.2, 0) is 0 Å². The number of benzene rings is 1. The van der Waals surface area contributed by atoms with Crippen LogP contribution in [0.2, 0.25) is 5.02 Å². The van der Waals surface area contributed by atoms with E-state index in [1.165, 1.54) is 6.07 Å². The molecule has 0 N–H and O–H groups in total. The van der Waals surface area contributed by atoms with Crippen molar-refractivity contribution < 1.29 is 9.18 Å². The van der Waals surface area contributed by atoms with Crippen LogP contribution < -0.4 is 0 Å². The predicted molar refractivity (Wildman–Crippen MR) is 69.9 cm³/mol. The van der Waals surface area contributed by atoms with E-state index < -0.39 is 5.82 Å². The lowest BCUT2D eigenvalue weighted by Crippen LogP contribution is -2.18. The van der Waals surface area contributed by atoms with Crippen molar-refractivity contribution in [1.29, 1.82) is 0 Å². The molecule has 1 aliphatic carbocycles. The topological polar surface area (TPSA) is 17.1 Å². The molecule has 1 aliphatic rings. The van der Waals surface area contributed by atoms with Gasteiger partial charge >= 0.3 is 0 Å². The van der Waals surface area contributed by atoms with Crippen LogP contribution >= 0.6 is 27.5 Å². The Morgan fingerprint density at radius 3 is 2.76 bits per heavy atom. The average molecular weight is 320 g/mol. The summed E-state index contributed by atoms with van der Waals surface area (Å²) in [6.07, 6.45) is 2.94. The molecule has 1 aromatic rings. The van der Waals surface area contributed by atoms with Crippen LogP contribution in [0.1, 0.15) is 36.5 Å². The average Bonchev–Trinajstić information content (AvgIpc) is 2.72. The number of hydrogen-bond donors (Lipinski definition) is 0. The van der Waals surface area contributed by atoms with Crippen molar-refractivity contribution in [2.24, 2.45) is 11.8 Å². The molecule has 0 aliphatic heterocycles. The molecule has 0 aromatic heterocycles. The zero-order valence-corrected chi connectivity index (χ0v) is 11.8. The van der Waals surface area contributed by atoms with Gasteiger partial charge in [-0.3, -0.25) is 4.79 Å². The van der Waals surface area contributed by atoms with Crippen molar-refractivity contribution in [3.05, 3.63) is 33.0 Å². The minimum absolute atomic E-state index is 0.0125. The second-order valence-corrected chi connectivity index (χ2v) is 5.83. The van der Waals surface area contributed by atoms with Crippen molar-refractivity contribution in [3.63, 3.8) is 0 Å². The molecule has 4 heteroatoms. The van der Waals surface area contributed by atoms with E-state index in [0.29, 0.717) is 10.4 Å². The lowest BCUT2D eigenvalue weighted by molar-refractivity contribution is 0.0893. The van der Waals surface area contributed by atoms with Crippen LogP contribution in [0.4, 0.5) is 4.39 Å². The largest absolute Gasteiger partial charge is 0.294 e. The summed E-state index contributed by atoms with van der Waals surface area (Å²) in [5.74, 6) is -0.432. The predicted octanol–water partition coefficient (Wildman–Crippen LogP) is 4.86. The van der Waals surface area contributed by atoms with Crippen molar-refractivity contribution in [2.45, 2.75) is 26.2 Å². The number of halogens is 3. The molecule has 1 nitrogen and oxygen atoms in total. The van der Waals surface area contributed by atoms with Crippen molar-refractivity contribution in [1.82, 2.24) is 0 Å². The van der Waals surface area contributed by atoms with Gasteiger partial charge in [0.25, 0.3) is 0 Å². The van der Waals surface area contributed by atoms with Crippen LogP contribution in [0.25, 0.3) is 0 Å². The number of carbonyl (C=O) groups excluding carboxylic acids is 1. The number of Topliss-reactive ketones (excluding diaryl/α,β-unsaturated/α-hetero) is 1. The molecule has 1 saturated carbocycles. The SMILES string of the molecule is CC1CCCC1C(=O)c1ccc(Br)c(Cl)c1F. The third kappa shape index (κ3) is 2.41. The van der Waals surface area contributed by atoms with Crippen LogP contribution in [0.3, 0.4) is 0 Å². The van der Waals surface area contributed by atoms with Gasteiger partial charge in [-0.25, -0.2) is 4.39 Å². The summed E-state index contributed by atoms with van der Waals surface area (Å²) in [6.45, 7) is 2.05. The van der Waals surface area contributed by atoms with Crippen molar-refractivity contribution >= 4 is 33.3 Å². The molecular formula is C13H13BrClFO. The van der Waals surface area contributed by atoms with Crippen LogP contribution in [0, 0.1) is 17.7 Å². The zero-order valence-electron chi connectivity index (χ0n) is 9.47. The van der Waals surface area contributed by atoms with Crippen LogP contribution in [0.15, 0.2) is 16.6 Å². The lowest BCUT2D eigenvalue weighted by atomic mass is 9.89. The summed E-state index contributed by atoms with van der Waals surface area (Å²) >= 11 is 8.94. The van der Waals surface area contributed by atoms with E-state index in [-0.39, 0.29) is 22.3 Å². The quantitative estimate of drug-likeness (QED) is 0.562. The first-order valence-corrected chi connectivity index (χ1v) is 6.87. The third-order valence-electron chi connectivity index (χ3n) is 3.50. The molecule has 0 amide bonds. The fraction of sp³-hybridized carbons (Fsp3) is 0.462. The van der Waals surface area contributed by atoms with E-state index in [4.69, 9.17) is 11.6 Å². The number of hydrogen-bond acceptors (Lipinski definition) is 1. The number of rotatable bonds is 2. The summed E-state index contributed by atoms with van der Waals surface area (Å²) in [7, 11) is 0. The molecule has 2 atom stereocenters. The fourth-order valence-corrected chi connectivity index (χ4v) is 2.92. The Morgan fingerprint density at radius 1 is 1.47 bits per heavy atom. The van der Waals surface area contributed by atoms with Crippen LogP contribution in [-0.4, -0.2) is 5.78 Å². The normalized spacial score (nSPS) is 24.0. The first kappa shape index (κ1) is 13.0. The molecule has 0 saturated heterocycles. The first-order chi connectivity index (χ1) is 8.02. The van der Waals surface area contributed by atoms with E-state index in [2.05, 4.69) is 15.9 Å². The molecule has 1 fully saturated rings. The Labute approximate surface area is 113 Å². The molecule has 0 bridgehead atoms. The molecule has 17 heavy (non-hydrogen) atoms. The third-order valence-corrected chi connectivity index (χ3v) is 4.76. The molecule has 0 radical (unpaired) electrons. The first-order valence-electron chi connectivity index (χ1n) is 5.70. The van der Waals surface area contributed by atoms with Crippen LogP contribution in [0.5, 0.6) is 0 Å². The second-order valence-electron chi connectivity index (χ2n) is 4.60. The fourth-order valence-electron chi connectivity index (χ4n) is 2.45. The highest BCUT2D eigenvalue weighted by Gasteiger charge is 2.32. The summed E-state index contributed by atoms with van der Waals surface area (Å²) < 4.78 is 14.4.